The minimum atomic E-state index is -0.670. The predicted molar refractivity (Wildman–Crippen MR) is 110 cm³/mol. The van der Waals surface area contributed by atoms with Gasteiger partial charge in [-0.15, -0.1) is 11.3 Å². The van der Waals surface area contributed by atoms with Crippen LogP contribution in [-0.2, 0) is 9.59 Å². The van der Waals surface area contributed by atoms with Crippen molar-refractivity contribution in [3.8, 4) is 5.75 Å². The van der Waals surface area contributed by atoms with Crippen LogP contribution in [0.1, 0.15) is 31.8 Å². The molecule has 2 amide bonds. The van der Waals surface area contributed by atoms with Gasteiger partial charge in [0, 0.05) is 0 Å². The van der Waals surface area contributed by atoms with Gasteiger partial charge in [-0.1, -0.05) is 24.3 Å². The van der Waals surface area contributed by atoms with Crippen molar-refractivity contribution in [1.82, 2.24) is 10.3 Å². The highest BCUT2D eigenvalue weighted by molar-refractivity contribution is 7.18. The van der Waals surface area contributed by atoms with Crippen LogP contribution >= 0.6 is 11.3 Å². The van der Waals surface area contributed by atoms with E-state index in [0.29, 0.717) is 11.4 Å². The molecule has 2 heterocycles. The van der Waals surface area contributed by atoms with Crippen LogP contribution in [0, 0.1) is 0 Å². The molecule has 0 bridgehead atoms. The standard InChI is InChI=1S/C21H21N3O3S/c1-12(20-23-15-8-4-7-11-18(15)28-20)22-19(25)13(2)24-16-9-5-6-10-17(16)27-14(3)21(24)26/h4-14H,1-3H3,(H,22,25)/t12-,13+,14-/m0/s1. The number of hydrogen-bond acceptors (Lipinski definition) is 5. The first kappa shape index (κ1) is 18.4. The lowest BCUT2D eigenvalue weighted by Gasteiger charge is -2.36. The number of nitrogens with one attached hydrogen (secondary N) is 1. The first-order chi connectivity index (χ1) is 13.5. The van der Waals surface area contributed by atoms with E-state index < -0.39 is 12.1 Å². The van der Waals surface area contributed by atoms with E-state index in [-0.39, 0.29) is 17.9 Å². The fourth-order valence-corrected chi connectivity index (χ4v) is 4.27. The molecule has 1 aliphatic heterocycles. The number of ether oxygens (including phenoxy) is 1. The fourth-order valence-electron chi connectivity index (χ4n) is 3.30. The van der Waals surface area contributed by atoms with Crippen LogP contribution in [0.2, 0.25) is 0 Å². The summed E-state index contributed by atoms with van der Waals surface area (Å²) in [6.07, 6.45) is -0.633. The lowest BCUT2D eigenvalue weighted by molar-refractivity contribution is -0.130. The lowest BCUT2D eigenvalue weighted by atomic mass is 10.1. The van der Waals surface area contributed by atoms with Crippen molar-refractivity contribution in [3.05, 3.63) is 53.5 Å². The van der Waals surface area contributed by atoms with E-state index in [9.17, 15) is 9.59 Å². The molecule has 0 saturated heterocycles. The van der Waals surface area contributed by atoms with E-state index in [1.54, 1.807) is 37.3 Å². The van der Waals surface area contributed by atoms with Crippen LogP contribution in [0.4, 0.5) is 5.69 Å². The molecule has 1 aliphatic rings. The number of thiazole rings is 1. The molecular formula is C21H21N3O3S. The molecule has 28 heavy (non-hydrogen) atoms. The number of nitrogens with zero attached hydrogens (tertiary/aromatic N) is 2. The molecule has 1 N–H and O–H groups in total. The number of anilines is 1. The van der Waals surface area contributed by atoms with Gasteiger partial charge in [0.1, 0.15) is 16.8 Å². The molecule has 0 unspecified atom stereocenters. The smallest absolute Gasteiger partial charge is 0.268 e. The van der Waals surface area contributed by atoms with Crippen LogP contribution in [0.3, 0.4) is 0 Å². The topological polar surface area (TPSA) is 71.5 Å². The molecule has 3 aromatic rings. The Morgan fingerprint density at radius 1 is 1.18 bits per heavy atom. The summed E-state index contributed by atoms with van der Waals surface area (Å²) in [5.74, 6) is 0.145. The first-order valence-corrected chi connectivity index (χ1v) is 10.0. The number of amides is 2. The maximum absolute atomic E-state index is 12.9. The number of para-hydroxylation sites is 3. The van der Waals surface area contributed by atoms with Crippen molar-refractivity contribution in [2.24, 2.45) is 0 Å². The third-order valence-electron chi connectivity index (χ3n) is 4.82. The number of carbonyl (C=O) groups excluding carboxylic acids is 2. The summed E-state index contributed by atoms with van der Waals surface area (Å²) in [4.78, 5) is 31.8. The summed E-state index contributed by atoms with van der Waals surface area (Å²) < 4.78 is 6.74. The average molecular weight is 395 g/mol. The third-order valence-corrected chi connectivity index (χ3v) is 6.04. The van der Waals surface area contributed by atoms with Crippen LogP contribution in [-0.4, -0.2) is 28.9 Å². The number of benzene rings is 2. The summed E-state index contributed by atoms with van der Waals surface area (Å²) in [5, 5.41) is 3.83. The highest BCUT2D eigenvalue weighted by atomic mass is 32.1. The second kappa shape index (κ2) is 7.24. The molecule has 0 fully saturated rings. The average Bonchev–Trinajstić information content (AvgIpc) is 3.13. The largest absolute Gasteiger partial charge is 0.479 e. The van der Waals surface area contributed by atoms with Crippen molar-refractivity contribution >= 4 is 39.1 Å². The Labute approximate surface area is 167 Å². The van der Waals surface area contributed by atoms with E-state index in [4.69, 9.17) is 4.74 Å². The number of fused-ring (bicyclic) bond motifs is 2. The molecular weight excluding hydrogens is 374 g/mol. The molecule has 7 heteroatoms. The Morgan fingerprint density at radius 3 is 2.68 bits per heavy atom. The fraction of sp³-hybridized carbons (Fsp3) is 0.286. The highest BCUT2D eigenvalue weighted by Crippen LogP contribution is 2.35. The van der Waals surface area contributed by atoms with E-state index in [1.165, 1.54) is 4.90 Å². The second-order valence-electron chi connectivity index (χ2n) is 6.86. The third kappa shape index (κ3) is 3.22. The Hall–Kier alpha value is -2.93. The molecule has 0 aliphatic carbocycles. The molecule has 144 valence electrons. The highest BCUT2D eigenvalue weighted by Gasteiger charge is 2.37. The van der Waals surface area contributed by atoms with Crippen molar-refractivity contribution in [3.63, 3.8) is 0 Å². The van der Waals surface area contributed by atoms with Crippen LogP contribution in [0.15, 0.2) is 48.5 Å². The van der Waals surface area contributed by atoms with Crippen LogP contribution in [0.5, 0.6) is 5.75 Å². The maximum atomic E-state index is 12.9. The van der Waals surface area contributed by atoms with Gasteiger partial charge in [0.15, 0.2) is 6.10 Å². The Bertz CT molecular complexity index is 1020. The first-order valence-electron chi connectivity index (χ1n) is 9.20. The molecule has 0 saturated carbocycles. The summed E-state index contributed by atoms with van der Waals surface area (Å²) >= 11 is 1.56. The zero-order chi connectivity index (χ0) is 19.8. The van der Waals surface area contributed by atoms with Gasteiger partial charge >= 0.3 is 0 Å². The summed E-state index contributed by atoms with van der Waals surface area (Å²) in [6.45, 7) is 5.33. The number of aromatic nitrogens is 1. The Balaban J connectivity index is 1.55. The van der Waals surface area contributed by atoms with Gasteiger partial charge in [0.2, 0.25) is 5.91 Å². The molecule has 0 spiro atoms. The van der Waals surface area contributed by atoms with Gasteiger partial charge < -0.3 is 10.1 Å². The zero-order valence-corrected chi connectivity index (χ0v) is 16.7. The summed E-state index contributed by atoms with van der Waals surface area (Å²) in [7, 11) is 0. The Kier molecular flexibility index (Phi) is 4.77. The Morgan fingerprint density at radius 2 is 1.89 bits per heavy atom. The van der Waals surface area contributed by atoms with Gasteiger partial charge in [-0.05, 0) is 45.0 Å². The number of hydrogen-bond donors (Lipinski definition) is 1. The molecule has 6 nitrogen and oxygen atoms in total. The number of rotatable bonds is 4. The molecule has 3 atom stereocenters. The van der Waals surface area contributed by atoms with Gasteiger partial charge in [-0.3, -0.25) is 14.5 Å². The predicted octanol–water partition coefficient (Wildman–Crippen LogP) is 3.68. The lowest BCUT2D eigenvalue weighted by Crippen LogP contribution is -2.54. The molecule has 1 aromatic heterocycles. The molecule has 0 radical (unpaired) electrons. The van der Waals surface area contributed by atoms with Crippen LogP contribution < -0.4 is 15.0 Å². The minimum Gasteiger partial charge on any atom is -0.479 e. The van der Waals surface area contributed by atoms with Gasteiger partial charge in [-0.25, -0.2) is 4.98 Å². The monoisotopic (exact) mass is 395 g/mol. The second-order valence-corrected chi connectivity index (χ2v) is 7.92. The quantitative estimate of drug-likeness (QED) is 0.732. The maximum Gasteiger partial charge on any atom is 0.268 e. The molecule has 4 rings (SSSR count). The SMILES string of the molecule is C[C@@H]1Oc2ccccc2N([C@H](C)C(=O)N[C@@H](C)c2nc3ccccc3s2)C1=O. The molecule has 2 aromatic carbocycles. The van der Waals surface area contributed by atoms with Crippen molar-refractivity contribution in [2.45, 2.75) is 39.0 Å². The van der Waals surface area contributed by atoms with Crippen molar-refractivity contribution < 1.29 is 14.3 Å². The van der Waals surface area contributed by atoms with Gasteiger partial charge in [-0.2, -0.15) is 0 Å². The van der Waals surface area contributed by atoms with E-state index >= 15 is 0 Å². The van der Waals surface area contributed by atoms with E-state index in [0.717, 1.165) is 15.2 Å². The number of carbonyl (C=O) groups is 2. The van der Waals surface area contributed by atoms with Crippen molar-refractivity contribution in [2.75, 3.05) is 4.90 Å². The van der Waals surface area contributed by atoms with Crippen molar-refractivity contribution in [1.29, 1.82) is 0 Å². The normalized spacial score (nSPS) is 18.3. The van der Waals surface area contributed by atoms with E-state index in [1.807, 2.05) is 43.3 Å². The van der Waals surface area contributed by atoms with Crippen LogP contribution in [0.25, 0.3) is 10.2 Å². The van der Waals surface area contributed by atoms with E-state index in [2.05, 4.69) is 10.3 Å². The minimum absolute atomic E-state index is 0.228. The van der Waals surface area contributed by atoms with Gasteiger partial charge in [0.05, 0.1) is 21.9 Å². The zero-order valence-electron chi connectivity index (χ0n) is 15.9. The summed E-state index contributed by atoms with van der Waals surface area (Å²) in [5.41, 5.74) is 1.53. The van der Waals surface area contributed by atoms with Gasteiger partial charge in [0.25, 0.3) is 5.91 Å². The summed E-state index contributed by atoms with van der Waals surface area (Å²) in [6, 6.07) is 14.2.